The van der Waals surface area contributed by atoms with Gasteiger partial charge in [0.05, 0.1) is 12.7 Å². The maximum Gasteiger partial charge on any atom is 0.384 e. The van der Waals surface area contributed by atoms with Gasteiger partial charge in [-0.05, 0) is 37.9 Å². The Morgan fingerprint density at radius 1 is 1.32 bits per heavy atom. The third-order valence-corrected chi connectivity index (χ3v) is 8.17. The van der Waals surface area contributed by atoms with E-state index >= 15 is 0 Å². The van der Waals surface area contributed by atoms with Crippen molar-refractivity contribution in [3.05, 3.63) is 55.6 Å². The van der Waals surface area contributed by atoms with E-state index in [9.17, 15) is 4.79 Å². The number of aliphatic imine (C=N–C) groups is 1. The molecular formula is C21H26N5O2S3+. The van der Waals surface area contributed by atoms with E-state index in [2.05, 4.69) is 18.7 Å². The number of rotatable bonds is 3. The quantitative estimate of drug-likeness (QED) is 0.636. The van der Waals surface area contributed by atoms with E-state index in [1.807, 2.05) is 66.5 Å². The molecule has 164 valence electrons. The van der Waals surface area contributed by atoms with E-state index in [1.54, 1.807) is 15.9 Å². The summed E-state index contributed by atoms with van der Waals surface area (Å²) in [5, 5.41) is 4.55. The first-order valence-electron chi connectivity index (χ1n) is 10.1. The average molecular weight is 477 g/mol. The SMILES string of the molecule is CCn1c(=O)/c(=C2\C=CC=CN2C)s/c1=C1/OCN(C(C)C)C(=Nc2scc[n+]2C)S1. The summed E-state index contributed by atoms with van der Waals surface area (Å²) in [5.41, 5.74) is 0.908. The first kappa shape index (κ1) is 21.9. The van der Waals surface area contributed by atoms with Gasteiger partial charge in [-0.25, -0.2) is 4.57 Å². The lowest BCUT2D eigenvalue weighted by atomic mass is 10.3. The van der Waals surface area contributed by atoms with Crippen molar-refractivity contribution in [2.75, 3.05) is 13.8 Å². The molecule has 0 N–H and O–H groups in total. The highest BCUT2D eigenvalue weighted by molar-refractivity contribution is 8.21. The fourth-order valence-corrected chi connectivity index (χ4v) is 6.40. The number of thioether (sulfide) groups is 1. The zero-order valence-corrected chi connectivity index (χ0v) is 20.7. The van der Waals surface area contributed by atoms with Gasteiger partial charge in [0.15, 0.2) is 11.8 Å². The van der Waals surface area contributed by atoms with Gasteiger partial charge in [-0.2, -0.15) is 0 Å². The minimum Gasteiger partial charge on any atom is -0.463 e. The Kier molecular flexibility index (Phi) is 6.40. The average Bonchev–Trinajstić information content (AvgIpc) is 3.30. The molecule has 2 aliphatic rings. The summed E-state index contributed by atoms with van der Waals surface area (Å²) in [6, 6.07) is 0.244. The molecule has 0 bridgehead atoms. The topological polar surface area (TPSA) is 54.0 Å². The van der Waals surface area contributed by atoms with Gasteiger partial charge in [0.2, 0.25) is 0 Å². The summed E-state index contributed by atoms with van der Waals surface area (Å²) in [6.45, 7) is 7.22. The van der Waals surface area contributed by atoms with Crippen LogP contribution in [0.5, 0.6) is 0 Å². The lowest BCUT2D eigenvalue weighted by molar-refractivity contribution is -0.653. The second-order valence-corrected chi connectivity index (χ2v) is 10.2. The number of aryl methyl sites for hydroxylation is 1. The van der Waals surface area contributed by atoms with Gasteiger partial charge >= 0.3 is 5.13 Å². The van der Waals surface area contributed by atoms with Crippen LogP contribution in [0.1, 0.15) is 20.8 Å². The van der Waals surface area contributed by atoms with Crippen molar-refractivity contribution in [2.24, 2.45) is 12.0 Å². The molecule has 0 spiro atoms. The second kappa shape index (κ2) is 9.05. The highest BCUT2D eigenvalue weighted by atomic mass is 32.2. The zero-order valence-electron chi connectivity index (χ0n) is 18.2. The Hall–Kier alpha value is -2.30. The number of aromatic nitrogens is 2. The number of allylic oxidation sites excluding steroid dienone is 2. The molecule has 1 saturated heterocycles. The number of hydrogen-bond donors (Lipinski definition) is 0. The standard InChI is InChI=1S/C21H26N5O2S3/c1-6-25-17(27)16(15-9-7-8-10-23(15)4)30-18(25)19-28-13-26(14(2)3)21(31-19)22-20-24(5)11-12-29-20/h7-12,14H,6,13H2,1-5H3/q+1/b16-15-,19-18-. The van der Waals surface area contributed by atoms with Crippen molar-refractivity contribution in [1.82, 2.24) is 14.4 Å². The fourth-order valence-electron chi connectivity index (χ4n) is 3.20. The number of ether oxygens (including phenoxy) is 1. The Balaban J connectivity index is 1.87. The molecule has 0 aromatic carbocycles. The molecule has 4 rings (SSSR count). The molecule has 0 atom stereocenters. The minimum absolute atomic E-state index is 0.00966. The van der Waals surface area contributed by atoms with Crippen LogP contribution in [0, 0.1) is 0 Å². The molecule has 31 heavy (non-hydrogen) atoms. The molecule has 2 aromatic rings. The third kappa shape index (κ3) is 4.24. The smallest absolute Gasteiger partial charge is 0.384 e. The number of likely N-dealkylation sites (N-methyl/N-ethyl adjacent to an activating group) is 1. The lowest BCUT2D eigenvalue weighted by Gasteiger charge is -2.30. The molecule has 0 amide bonds. The van der Waals surface area contributed by atoms with E-state index in [1.165, 1.54) is 23.1 Å². The minimum atomic E-state index is 0.00966. The molecule has 0 unspecified atom stereocenters. The van der Waals surface area contributed by atoms with Crippen molar-refractivity contribution in [1.29, 1.82) is 0 Å². The molecular weight excluding hydrogens is 450 g/mol. The zero-order chi connectivity index (χ0) is 22.1. The van der Waals surface area contributed by atoms with Crippen LogP contribution in [0.25, 0.3) is 10.8 Å². The van der Waals surface area contributed by atoms with Crippen LogP contribution < -0.4 is 19.3 Å². The molecule has 4 heterocycles. The second-order valence-electron chi connectivity index (χ2n) is 7.40. The summed E-state index contributed by atoms with van der Waals surface area (Å²) in [5.74, 6) is 0. The Morgan fingerprint density at radius 3 is 2.77 bits per heavy atom. The van der Waals surface area contributed by atoms with E-state index in [0.29, 0.717) is 17.8 Å². The predicted octanol–water partition coefficient (Wildman–Crippen LogP) is 2.12. The molecule has 0 radical (unpaired) electrons. The Morgan fingerprint density at radius 2 is 2.13 bits per heavy atom. The van der Waals surface area contributed by atoms with Crippen LogP contribution >= 0.6 is 34.4 Å². The van der Waals surface area contributed by atoms with Gasteiger partial charge in [0.25, 0.3) is 10.7 Å². The third-order valence-electron chi connectivity index (χ3n) is 5.00. The highest BCUT2D eigenvalue weighted by Gasteiger charge is 2.31. The van der Waals surface area contributed by atoms with Gasteiger partial charge in [0, 0.05) is 43.0 Å². The molecule has 2 aliphatic heterocycles. The number of amidine groups is 1. The maximum absolute atomic E-state index is 13.2. The summed E-state index contributed by atoms with van der Waals surface area (Å²) in [6.07, 6.45) is 9.84. The molecule has 0 saturated carbocycles. The summed E-state index contributed by atoms with van der Waals surface area (Å²) in [4.78, 5) is 22.2. The van der Waals surface area contributed by atoms with Crippen molar-refractivity contribution < 1.29 is 9.30 Å². The van der Waals surface area contributed by atoms with E-state index in [4.69, 9.17) is 9.73 Å². The maximum atomic E-state index is 13.2. The van der Waals surface area contributed by atoms with Crippen LogP contribution in [-0.4, -0.2) is 39.4 Å². The van der Waals surface area contributed by atoms with Crippen molar-refractivity contribution in [3.63, 3.8) is 0 Å². The molecule has 10 heteroatoms. The van der Waals surface area contributed by atoms with Gasteiger partial charge in [0.1, 0.15) is 15.4 Å². The van der Waals surface area contributed by atoms with Gasteiger partial charge in [-0.3, -0.25) is 14.3 Å². The van der Waals surface area contributed by atoms with Crippen molar-refractivity contribution in [2.45, 2.75) is 33.4 Å². The van der Waals surface area contributed by atoms with Crippen LogP contribution in [0.4, 0.5) is 5.13 Å². The highest BCUT2D eigenvalue weighted by Crippen LogP contribution is 2.30. The molecule has 2 aromatic heterocycles. The van der Waals surface area contributed by atoms with Gasteiger partial charge in [-0.15, -0.1) is 11.3 Å². The van der Waals surface area contributed by atoms with E-state index in [-0.39, 0.29) is 11.6 Å². The molecule has 7 nitrogen and oxygen atoms in total. The van der Waals surface area contributed by atoms with Crippen LogP contribution in [0.15, 0.2) is 45.8 Å². The summed E-state index contributed by atoms with van der Waals surface area (Å²) >= 11 is 4.56. The largest absolute Gasteiger partial charge is 0.463 e. The Bertz CT molecular complexity index is 1250. The monoisotopic (exact) mass is 476 g/mol. The first-order chi connectivity index (χ1) is 14.9. The normalized spacial score (nSPS) is 21.4. The van der Waals surface area contributed by atoms with Crippen LogP contribution in [-0.2, 0) is 18.3 Å². The molecule has 0 aliphatic carbocycles. The predicted molar refractivity (Wildman–Crippen MR) is 129 cm³/mol. The fraction of sp³-hybridized carbons (Fsp3) is 0.381. The van der Waals surface area contributed by atoms with Crippen molar-refractivity contribution >= 4 is 55.5 Å². The lowest BCUT2D eigenvalue weighted by Crippen LogP contribution is -2.41. The van der Waals surface area contributed by atoms with E-state index in [0.717, 1.165) is 25.8 Å². The van der Waals surface area contributed by atoms with Crippen LogP contribution in [0.3, 0.4) is 0 Å². The summed E-state index contributed by atoms with van der Waals surface area (Å²) in [7, 11) is 3.94. The summed E-state index contributed by atoms with van der Waals surface area (Å²) < 4.78 is 11.5. The number of hydrogen-bond acceptors (Lipinski definition) is 7. The van der Waals surface area contributed by atoms with Crippen molar-refractivity contribution in [3.8, 4) is 0 Å². The van der Waals surface area contributed by atoms with E-state index < -0.39 is 0 Å². The number of thiazole rings is 2. The Labute approximate surface area is 193 Å². The van der Waals surface area contributed by atoms with Gasteiger partial charge in [-0.1, -0.05) is 17.4 Å². The molecule has 1 fully saturated rings. The first-order valence-corrected chi connectivity index (χ1v) is 12.6. The number of nitrogens with zero attached hydrogens (tertiary/aromatic N) is 5. The van der Waals surface area contributed by atoms with Gasteiger partial charge < -0.3 is 9.64 Å². The van der Waals surface area contributed by atoms with Crippen LogP contribution in [0.2, 0.25) is 0 Å².